The average molecular weight is 244 g/mol. The van der Waals surface area contributed by atoms with E-state index in [9.17, 15) is 4.79 Å². The molecule has 0 saturated heterocycles. The third kappa shape index (κ3) is 1.50. The summed E-state index contributed by atoms with van der Waals surface area (Å²) in [6.07, 6.45) is 1.66. The Morgan fingerprint density at radius 2 is 2.24 bits per heavy atom. The van der Waals surface area contributed by atoms with Crippen LogP contribution in [0.2, 0.25) is 0 Å². The maximum atomic E-state index is 11.9. The number of hydrogen-bond donors (Lipinski definition) is 2. The first-order valence-electron chi connectivity index (χ1n) is 4.94. The second kappa shape index (κ2) is 3.67. The van der Waals surface area contributed by atoms with E-state index in [1.165, 1.54) is 11.3 Å². The number of nitrogen functional groups attached to an aromatic ring is 1. The van der Waals surface area contributed by atoms with Gasteiger partial charge in [0.2, 0.25) is 0 Å². The van der Waals surface area contributed by atoms with Gasteiger partial charge in [-0.25, -0.2) is 10.1 Å². The normalized spacial score (nSPS) is 10.8. The predicted molar refractivity (Wildman–Crippen MR) is 67.9 cm³/mol. The number of benzene rings is 1. The van der Waals surface area contributed by atoms with Crippen molar-refractivity contribution in [3.63, 3.8) is 0 Å². The van der Waals surface area contributed by atoms with E-state index in [0.29, 0.717) is 27.2 Å². The number of aromatic amines is 1. The quantitative estimate of drug-likeness (QED) is 0.637. The maximum absolute atomic E-state index is 11.9. The fourth-order valence-corrected chi connectivity index (χ4v) is 2.44. The molecule has 84 valence electrons. The lowest BCUT2D eigenvalue weighted by atomic mass is 10.1. The molecule has 0 fully saturated rings. The van der Waals surface area contributed by atoms with Crippen LogP contribution in [0.3, 0.4) is 0 Å². The number of thiazole rings is 1. The van der Waals surface area contributed by atoms with Crippen molar-refractivity contribution in [2.75, 3.05) is 5.73 Å². The molecule has 17 heavy (non-hydrogen) atoms. The fourth-order valence-electron chi connectivity index (χ4n) is 1.75. The van der Waals surface area contributed by atoms with E-state index in [0.717, 1.165) is 0 Å². The summed E-state index contributed by atoms with van der Waals surface area (Å²) in [6.45, 7) is 0. The van der Waals surface area contributed by atoms with Gasteiger partial charge in [0, 0.05) is 22.7 Å². The SMILES string of the molecule is Nc1cccc2n[nH]c(=O)c(-c3nccs3)c12. The zero-order valence-corrected chi connectivity index (χ0v) is 9.49. The van der Waals surface area contributed by atoms with Crippen LogP contribution in [-0.4, -0.2) is 15.2 Å². The number of rotatable bonds is 1. The Morgan fingerprint density at radius 3 is 3.00 bits per heavy atom. The Kier molecular flexibility index (Phi) is 2.15. The number of anilines is 1. The summed E-state index contributed by atoms with van der Waals surface area (Å²) >= 11 is 1.40. The average Bonchev–Trinajstić information content (AvgIpc) is 2.83. The first kappa shape index (κ1) is 9.98. The third-order valence-corrected chi connectivity index (χ3v) is 3.27. The third-order valence-electron chi connectivity index (χ3n) is 2.48. The number of hydrogen-bond acceptors (Lipinski definition) is 5. The van der Waals surface area contributed by atoms with Gasteiger partial charge in [0.05, 0.1) is 11.1 Å². The van der Waals surface area contributed by atoms with E-state index in [4.69, 9.17) is 5.73 Å². The van der Waals surface area contributed by atoms with Gasteiger partial charge < -0.3 is 5.73 Å². The minimum Gasteiger partial charge on any atom is -0.398 e. The highest BCUT2D eigenvalue weighted by Crippen LogP contribution is 2.29. The van der Waals surface area contributed by atoms with Crippen LogP contribution in [0.25, 0.3) is 21.5 Å². The number of H-pyrrole nitrogens is 1. The van der Waals surface area contributed by atoms with Gasteiger partial charge in [-0.3, -0.25) is 4.79 Å². The first-order chi connectivity index (χ1) is 8.27. The lowest BCUT2D eigenvalue weighted by Gasteiger charge is -2.04. The largest absolute Gasteiger partial charge is 0.398 e. The van der Waals surface area contributed by atoms with E-state index in [-0.39, 0.29) is 5.56 Å². The summed E-state index contributed by atoms with van der Waals surface area (Å²) in [6, 6.07) is 5.36. The van der Waals surface area contributed by atoms with Crippen LogP contribution in [0.1, 0.15) is 0 Å². The lowest BCUT2D eigenvalue weighted by molar-refractivity contribution is 1.03. The van der Waals surface area contributed by atoms with Crippen LogP contribution >= 0.6 is 11.3 Å². The minimum absolute atomic E-state index is 0.273. The Balaban J connectivity index is 2.52. The highest BCUT2D eigenvalue weighted by atomic mass is 32.1. The highest BCUT2D eigenvalue weighted by Gasteiger charge is 2.13. The molecular weight excluding hydrogens is 236 g/mol. The fraction of sp³-hybridized carbons (Fsp3) is 0. The molecule has 0 atom stereocenters. The summed E-state index contributed by atoms with van der Waals surface area (Å²) in [5.41, 5.74) is 7.33. The summed E-state index contributed by atoms with van der Waals surface area (Å²) in [5.74, 6) is 0. The van der Waals surface area contributed by atoms with E-state index in [1.807, 2.05) is 5.38 Å². The smallest absolute Gasteiger partial charge is 0.275 e. The molecule has 6 heteroatoms. The molecule has 5 nitrogen and oxygen atoms in total. The number of nitrogens with zero attached hydrogens (tertiary/aromatic N) is 2. The van der Waals surface area contributed by atoms with E-state index in [2.05, 4.69) is 15.2 Å². The molecule has 0 bridgehead atoms. The molecule has 0 radical (unpaired) electrons. The lowest BCUT2D eigenvalue weighted by Crippen LogP contribution is -2.12. The molecular formula is C11H8N4OS. The van der Waals surface area contributed by atoms with Gasteiger partial charge >= 0.3 is 0 Å². The molecule has 3 rings (SSSR count). The molecule has 0 aliphatic heterocycles. The second-order valence-corrected chi connectivity index (χ2v) is 4.40. The predicted octanol–water partition coefficient (Wildman–Crippen LogP) is 1.63. The van der Waals surface area contributed by atoms with Crippen LogP contribution in [0.4, 0.5) is 5.69 Å². The standard InChI is InChI=1S/C11H8N4OS/c12-6-2-1-3-7-8(6)9(10(16)15-14-7)11-13-4-5-17-11/h1-5H,12H2,(H,15,16). The molecule has 2 aromatic heterocycles. The van der Waals surface area contributed by atoms with E-state index in [1.54, 1.807) is 24.4 Å². The Labute approximate surface area is 99.9 Å². The summed E-state index contributed by atoms with van der Waals surface area (Å²) in [4.78, 5) is 16.0. The van der Waals surface area contributed by atoms with Crippen LogP contribution in [0, 0.1) is 0 Å². The molecule has 0 amide bonds. The molecule has 3 aromatic rings. The van der Waals surface area contributed by atoms with Gasteiger partial charge in [0.1, 0.15) is 5.01 Å². The van der Waals surface area contributed by atoms with Gasteiger partial charge in [0.15, 0.2) is 0 Å². The van der Waals surface area contributed by atoms with Gasteiger partial charge in [-0.1, -0.05) is 6.07 Å². The van der Waals surface area contributed by atoms with Crippen molar-refractivity contribution in [2.24, 2.45) is 0 Å². The van der Waals surface area contributed by atoms with Gasteiger partial charge in [-0.15, -0.1) is 11.3 Å². The molecule has 0 aliphatic rings. The van der Waals surface area contributed by atoms with E-state index >= 15 is 0 Å². The molecule has 0 spiro atoms. The van der Waals surface area contributed by atoms with Crippen LogP contribution in [0.5, 0.6) is 0 Å². The first-order valence-corrected chi connectivity index (χ1v) is 5.82. The topological polar surface area (TPSA) is 84.7 Å². The summed E-state index contributed by atoms with van der Waals surface area (Å²) in [5, 5.41) is 9.56. The Morgan fingerprint density at radius 1 is 1.35 bits per heavy atom. The van der Waals surface area contributed by atoms with Crippen molar-refractivity contribution in [1.82, 2.24) is 15.2 Å². The number of nitrogens with one attached hydrogen (secondary N) is 1. The van der Waals surface area contributed by atoms with Gasteiger partial charge in [-0.05, 0) is 12.1 Å². The maximum Gasteiger partial charge on any atom is 0.275 e. The number of fused-ring (bicyclic) bond motifs is 1. The van der Waals surface area contributed by atoms with Crippen molar-refractivity contribution in [3.05, 3.63) is 40.1 Å². The summed E-state index contributed by atoms with van der Waals surface area (Å²) in [7, 11) is 0. The summed E-state index contributed by atoms with van der Waals surface area (Å²) < 4.78 is 0. The highest BCUT2D eigenvalue weighted by molar-refractivity contribution is 7.13. The van der Waals surface area contributed by atoms with Crippen LogP contribution in [-0.2, 0) is 0 Å². The molecule has 3 N–H and O–H groups in total. The zero-order valence-electron chi connectivity index (χ0n) is 8.68. The van der Waals surface area contributed by atoms with Crippen LogP contribution < -0.4 is 11.3 Å². The molecule has 1 aromatic carbocycles. The minimum atomic E-state index is -0.273. The van der Waals surface area contributed by atoms with Crippen molar-refractivity contribution in [3.8, 4) is 10.6 Å². The zero-order chi connectivity index (χ0) is 11.8. The molecule has 0 aliphatic carbocycles. The molecule has 2 heterocycles. The van der Waals surface area contributed by atoms with Crippen LogP contribution in [0.15, 0.2) is 34.6 Å². The molecule has 0 saturated carbocycles. The van der Waals surface area contributed by atoms with E-state index < -0.39 is 0 Å². The van der Waals surface area contributed by atoms with Crippen molar-refractivity contribution < 1.29 is 0 Å². The number of nitrogens with two attached hydrogens (primary N) is 1. The Bertz CT molecular complexity index is 733. The Hall–Kier alpha value is -2.21. The van der Waals surface area contributed by atoms with Gasteiger partial charge in [-0.2, -0.15) is 5.10 Å². The monoisotopic (exact) mass is 244 g/mol. The second-order valence-electron chi connectivity index (χ2n) is 3.51. The number of aromatic nitrogens is 3. The van der Waals surface area contributed by atoms with Crippen molar-refractivity contribution >= 4 is 27.9 Å². The van der Waals surface area contributed by atoms with Crippen molar-refractivity contribution in [2.45, 2.75) is 0 Å². The van der Waals surface area contributed by atoms with Crippen molar-refractivity contribution in [1.29, 1.82) is 0 Å². The van der Waals surface area contributed by atoms with Gasteiger partial charge in [0.25, 0.3) is 5.56 Å². The molecule has 0 unspecified atom stereocenters.